The fourth-order valence-corrected chi connectivity index (χ4v) is 0.580. The van der Waals surface area contributed by atoms with Gasteiger partial charge in [-0.2, -0.15) is 5.26 Å². The summed E-state index contributed by atoms with van der Waals surface area (Å²) < 4.78 is 34.0. The molecule has 1 nitrogen and oxygen atoms in total. The van der Waals surface area contributed by atoms with Crippen LogP contribution in [0.3, 0.4) is 0 Å². The van der Waals surface area contributed by atoms with Crippen LogP contribution in [0.15, 0.2) is 18.2 Å². The van der Waals surface area contributed by atoms with Crippen molar-refractivity contribution in [2.24, 2.45) is 0 Å². The van der Waals surface area contributed by atoms with Crippen molar-refractivity contribution in [2.75, 3.05) is 7.18 Å². The van der Waals surface area contributed by atoms with Crippen molar-refractivity contribution in [3.8, 4) is 6.07 Å². The number of alkyl halides is 1. The SMILES string of the molecule is CF.N#Cc1ccc(F)cc1F. The lowest BCUT2D eigenvalue weighted by molar-refractivity contribution is 0.581. The van der Waals surface area contributed by atoms with Gasteiger partial charge in [0.25, 0.3) is 0 Å². The zero-order valence-electron chi connectivity index (χ0n) is 6.31. The molecule has 0 heterocycles. The molecular weight excluding hydrogens is 167 g/mol. The van der Waals surface area contributed by atoms with Gasteiger partial charge < -0.3 is 0 Å². The lowest BCUT2D eigenvalue weighted by atomic mass is 10.2. The predicted molar refractivity (Wildman–Crippen MR) is 38.1 cm³/mol. The number of benzene rings is 1. The Kier molecular flexibility index (Phi) is 4.54. The van der Waals surface area contributed by atoms with E-state index in [-0.39, 0.29) is 5.56 Å². The first-order valence-electron chi connectivity index (χ1n) is 2.97. The molecule has 1 aromatic carbocycles. The predicted octanol–water partition coefficient (Wildman–Crippen LogP) is 2.42. The first-order valence-corrected chi connectivity index (χ1v) is 2.97. The maximum atomic E-state index is 12.4. The largest absolute Gasteiger partial charge is 0.255 e. The molecule has 0 bridgehead atoms. The summed E-state index contributed by atoms with van der Waals surface area (Å²) in [5.74, 6) is -1.49. The smallest absolute Gasteiger partial charge is 0.143 e. The second-order valence-electron chi connectivity index (χ2n) is 1.74. The van der Waals surface area contributed by atoms with Crippen LogP contribution in [0.5, 0.6) is 0 Å². The maximum Gasteiger partial charge on any atom is 0.143 e. The Morgan fingerprint density at radius 3 is 2.25 bits per heavy atom. The highest BCUT2D eigenvalue weighted by molar-refractivity contribution is 5.30. The van der Waals surface area contributed by atoms with Gasteiger partial charge >= 0.3 is 0 Å². The Morgan fingerprint density at radius 1 is 1.25 bits per heavy atom. The van der Waals surface area contributed by atoms with Crippen LogP contribution >= 0.6 is 0 Å². The van der Waals surface area contributed by atoms with Crippen molar-refractivity contribution in [3.63, 3.8) is 0 Å². The summed E-state index contributed by atoms with van der Waals surface area (Å²) in [6, 6.07) is 4.41. The van der Waals surface area contributed by atoms with Crippen molar-refractivity contribution in [1.82, 2.24) is 0 Å². The molecule has 0 aliphatic carbocycles. The van der Waals surface area contributed by atoms with Crippen LogP contribution in [0, 0.1) is 23.0 Å². The van der Waals surface area contributed by atoms with Crippen LogP contribution in [-0.4, -0.2) is 7.18 Å². The zero-order valence-corrected chi connectivity index (χ0v) is 6.31. The molecule has 0 unspecified atom stereocenters. The second kappa shape index (κ2) is 5.19. The average Bonchev–Trinajstić information content (AvgIpc) is 2.08. The molecule has 1 aromatic rings. The Labute approximate surface area is 68.1 Å². The van der Waals surface area contributed by atoms with E-state index in [1.54, 1.807) is 6.07 Å². The first kappa shape index (κ1) is 10.5. The number of hydrogen-bond donors (Lipinski definition) is 0. The van der Waals surface area contributed by atoms with E-state index in [1.165, 1.54) is 0 Å². The van der Waals surface area contributed by atoms with Gasteiger partial charge in [-0.1, -0.05) is 0 Å². The molecule has 0 fully saturated rings. The highest BCUT2D eigenvalue weighted by atomic mass is 19.1. The van der Waals surface area contributed by atoms with E-state index in [9.17, 15) is 13.2 Å². The molecule has 0 aliphatic rings. The van der Waals surface area contributed by atoms with Crippen LogP contribution in [-0.2, 0) is 0 Å². The van der Waals surface area contributed by atoms with Gasteiger partial charge in [0.2, 0.25) is 0 Å². The molecule has 0 aromatic heterocycles. The zero-order chi connectivity index (χ0) is 9.56. The Hall–Kier alpha value is -1.50. The minimum Gasteiger partial charge on any atom is -0.255 e. The standard InChI is InChI=1S/C7H3F2N.CH3F/c8-6-2-1-5(4-10)7(9)3-6;1-2/h1-3H;1H3. The summed E-state index contributed by atoms with van der Waals surface area (Å²) in [4.78, 5) is 0. The van der Waals surface area contributed by atoms with Crippen molar-refractivity contribution in [3.05, 3.63) is 35.4 Å². The van der Waals surface area contributed by atoms with Gasteiger partial charge in [0.05, 0.1) is 12.7 Å². The fraction of sp³-hybridized carbons (Fsp3) is 0.125. The Bertz CT molecular complexity index is 291. The van der Waals surface area contributed by atoms with Gasteiger partial charge in [0.15, 0.2) is 0 Å². The van der Waals surface area contributed by atoms with E-state index in [2.05, 4.69) is 0 Å². The summed E-state index contributed by atoms with van der Waals surface area (Å²) in [6.45, 7) is 0. The van der Waals surface area contributed by atoms with E-state index in [4.69, 9.17) is 5.26 Å². The van der Waals surface area contributed by atoms with Gasteiger partial charge in [-0.15, -0.1) is 0 Å². The number of halogens is 3. The highest BCUT2D eigenvalue weighted by Crippen LogP contribution is 2.06. The van der Waals surface area contributed by atoms with Gasteiger partial charge in [0.1, 0.15) is 17.7 Å². The van der Waals surface area contributed by atoms with E-state index in [1.807, 2.05) is 0 Å². The summed E-state index contributed by atoms with van der Waals surface area (Å²) >= 11 is 0. The summed E-state index contributed by atoms with van der Waals surface area (Å²) in [6.07, 6.45) is 0. The van der Waals surface area contributed by atoms with Crippen molar-refractivity contribution < 1.29 is 13.2 Å². The molecule has 4 heteroatoms. The van der Waals surface area contributed by atoms with Crippen LogP contribution in [0.25, 0.3) is 0 Å². The molecule has 64 valence electrons. The molecule has 1 rings (SSSR count). The molecule has 0 saturated heterocycles. The van der Waals surface area contributed by atoms with Crippen LogP contribution in [0.4, 0.5) is 13.2 Å². The molecule has 0 amide bonds. The lowest BCUT2D eigenvalue weighted by Crippen LogP contribution is -1.83. The molecule has 0 N–H and O–H groups in total. The van der Waals surface area contributed by atoms with Crippen LogP contribution in [0.1, 0.15) is 5.56 Å². The highest BCUT2D eigenvalue weighted by Gasteiger charge is 2.00. The normalized spacial score (nSPS) is 7.92. The number of nitriles is 1. The minimum atomic E-state index is -0.817. The third-order valence-electron chi connectivity index (χ3n) is 1.05. The van der Waals surface area contributed by atoms with Crippen molar-refractivity contribution in [1.29, 1.82) is 5.26 Å². The lowest BCUT2D eigenvalue weighted by Gasteiger charge is -1.90. The molecule has 0 aliphatic heterocycles. The third-order valence-corrected chi connectivity index (χ3v) is 1.05. The maximum absolute atomic E-state index is 12.4. The quantitative estimate of drug-likeness (QED) is 0.591. The number of rotatable bonds is 0. The van der Waals surface area contributed by atoms with Gasteiger partial charge in [-0.3, -0.25) is 4.39 Å². The van der Waals surface area contributed by atoms with Gasteiger partial charge in [0, 0.05) is 6.07 Å². The van der Waals surface area contributed by atoms with E-state index >= 15 is 0 Å². The molecular formula is C8H6F3N. The van der Waals surface area contributed by atoms with Crippen LogP contribution in [0.2, 0.25) is 0 Å². The van der Waals surface area contributed by atoms with Crippen molar-refractivity contribution >= 4 is 0 Å². The molecule has 12 heavy (non-hydrogen) atoms. The summed E-state index contributed by atoms with van der Waals surface area (Å²) in [5, 5.41) is 8.20. The summed E-state index contributed by atoms with van der Waals surface area (Å²) in [7, 11) is 0.500. The summed E-state index contributed by atoms with van der Waals surface area (Å²) in [5.41, 5.74) is -0.138. The second-order valence-corrected chi connectivity index (χ2v) is 1.74. The van der Waals surface area contributed by atoms with E-state index in [0.29, 0.717) is 13.2 Å². The average molecular weight is 173 g/mol. The van der Waals surface area contributed by atoms with E-state index in [0.717, 1.165) is 12.1 Å². The minimum absolute atomic E-state index is 0.138. The fourth-order valence-electron chi connectivity index (χ4n) is 0.580. The third kappa shape index (κ3) is 2.62. The monoisotopic (exact) mass is 173 g/mol. The Morgan fingerprint density at radius 2 is 1.83 bits per heavy atom. The number of nitrogens with zero attached hydrogens (tertiary/aromatic N) is 1. The molecule has 0 spiro atoms. The van der Waals surface area contributed by atoms with E-state index < -0.39 is 11.6 Å². The molecule has 0 atom stereocenters. The number of hydrogen-bond acceptors (Lipinski definition) is 1. The molecule has 0 saturated carbocycles. The van der Waals surface area contributed by atoms with Gasteiger partial charge in [-0.05, 0) is 12.1 Å². The van der Waals surface area contributed by atoms with Crippen molar-refractivity contribution in [2.45, 2.75) is 0 Å². The molecule has 0 radical (unpaired) electrons. The topological polar surface area (TPSA) is 23.8 Å². The Balaban J connectivity index is 0.000000561. The van der Waals surface area contributed by atoms with Gasteiger partial charge in [-0.25, -0.2) is 8.78 Å². The first-order chi connectivity index (χ1) is 5.74. The van der Waals surface area contributed by atoms with Crippen LogP contribution < -0.4 is 0 Å².